The lowest BCUT2D eigenvalue weighted by molar-refractivity contribution is 0.674. The molecule has 0 aliphatic rings. The van der Waals surface area contributed by atoms with Crippen molar-refractivity contribution in [2.45, 2.75) is 0 Å². The maximum absolute atomic E-state index is 7.14. The van der Waals surface area contributed by atoms with Gasteiger partial charge in [-0.05, 0) is 94.5 Å². The smallest absolute Gasteiger partial charge is 0.143 e. The van der Waals surface area contributed by atoms with Gasteiger partial charge in [0.05, 0.1) is 0 Å². The van der Waals surface area contributed by atoms with Crippen molar-refractivity contribution >= 4 is 75.8 Å². The van der Waals surface area contributed by atoms with Crippen LogP contribution in [0.5, 0.6) is 0 Å². The molecule has 11 aromatic rings. The fraction of sp³-hybridized carbons (Fsp3) is 0. The van der Waals surface area contributed by atoms with Crippen LogP contribution in [0.3, 0.4) is 0 Å². The maximum atomic E-state index is 7.14. The van der Waals surface area contributed by atoms with Crippen molar-refractivity contribution in [1.29, 1.82) is 0 Å². The summed E-state index contributed by atoms with van der Waals surface area (Å²) in [5.41, 5.74) is 8.93. The van der Waals surface area contributed by atoms with Crippen molar-refractivity contribution < 1.29 is 4.42 Å². The van der Waals surface area contributed by atoms with Crippen LogP contribution >= 0.6 is 0 Å². The van der Waals surface area contributed by atoms with Gasteiger partial charge in [-0.2, -0.15) is 0 Å². The monoisotopic (exact) mass is 620 g/mol. The standard InChI is InChI=1S/C48H28O/c1-2-9-30(10-3-1)36-14-7-15-42-38(36)25-27-43-46-41(39-22-20-33-18-17-31-12-6-13-32-21-23-40(39)45(33)44(31)32)26-24-37(48(46)49-47(42)43)35-19-16-29-8-4-5-11-34(29)28-35/h1-28H. The van der Waals surface area contributed by atoms with Crippen LogP contribution in [0, 0.1) is 0 Å². The highest BCUT2D eigenvalue weighted by atomic mass is 16.3. The van der Waals surface area contributed by atoms with Crippen LogP contribution in [0.15, 0.2) is 174 Å². The van der Waals surface area contributed by atoms with E-state index in [1.54, 1.807) is 0 Å². The summed E-state index contributed by atoms with van der Waals surface area (Å²) >= 11 is 0. The molecule has 49 heavy (non-hydrogen) atoms. The third kappa shape index (κ3) is 3.82. The minimum atomic E-state index is 0.922. The van der Waals surface area contributed by atoms with Gasteiger partial charge in [-0.15, -0.1) is 0 Å². The molecule has 0 amide bonds. The molecule has 0 saturated heterocycles. The van der Waals surface area contributed by atoms with Crippen molar-refractivity contribution in [2.75, 3.05) is 0 Å². The first-order valence-electron chi connectivity index (χ1n) is 16.9. The first-order valence-corrected chi connectivity index (χ1v) is 16.9. The molecule has 226 valence electrons. The Morgan fingerprint density at radius 3 is 1.78 bits per heavy atom. The fourth-order valence-corrected chi connectivity index (χ4v) is 8.34. The Morgan fingerprint density at radius 1 is 0.265 bits per heavy atom. The van der Waals surface area contributed by atoms with E-state index in [4.69, 9.17) is 4.42 Å². The lowest BCUT2D eigenvalue weighted by atomic mass is 9.87. The highest BCUT2D eigenvalue weighted by Gasteiger charge is 2.21. The average molecular weight is 621 g/mol. The summed E-state index contributed by atoms with van der Waals surface area (Å²) < 4.78 is 7.14. The molecule has 0 aliphatic heterocycles. The first kappa shape index (κ1) is 26.6. The van der Waals surface area contributed by atoms with E-state index in [0.29, 0.717) is 0 Å². The van der Waals surface area contributed by atoms with E-state index >= 15 is 0 Å². The summed E-state index contributed by atoms with van der Waals surface area (Å²) in [6.07, 6.45) is 0. The van der Waals surface area contributed by atoms with Gasteiger partial charge < -0.3 is 4.42 Å². The van der Waals surface area contributed by atoms with Gasteiger partial charge in [0, 0.05) is 21.7 Å². The molecule has 0 aliphatic carbocycles. The molecule has 1 aromatic heterocycles. The number of fused-ring (bicyclic) bond motifs is 6. The zero-order valence-electron chi connectivity index (χ0n) is 26.6. The Labute approximate surface area is 282 Å². The minimum absolute atomic E-state index is 0.922. The molecule has 0 spiro atoms. The largest absolute Gasteiger partial charge is 0.455 e. The van der Waals surface area contributed by atoms with Gasteiger partial charge in [-0.3, -0.25) is 0 Å². The van der Waals surface area contributed by atoms with Gasteiger partial charge >= 0.3 is 0 Å². The van der Waals surface area contributed by atoms with Crippen LogP contribution in [0.2, 0.25) is 0 Å². The summed E-state index contributed by atoms with van der Waals surface area (Å²) in [4.78, 5) is 0. The van der Waals surface area contributed by atoms with Gasteiger partial charge in [0.15, 0.2) is 0 Å². The second-order valence-electron chi connectivity index (χ2n) is 13.2. The average Bonchev–Trinajstić information content (AvgIpc) is 3.57. The molecule has 11 rings (SSSR count). The number of hydrogen-bond donors (Lipinski definition) is 0. The van der Waals surface area contributed by atoms with E-state index in [0.717, 1.165) is 38.5 Å². The molecule has 0 radical (unpaired) electrons. The zero-order valence-corrected chi connectivity index (χ0v) is 26.6. The number of hydrogen-bond acceptors (Lipinski definition) is 1. The Hall–Kier alpha value is -6.44. The van der Waals surface area contributed by atoms with E-state index in [1.165, 1.54) is 70.7 Å². The van der Waals surface area contributed by atoms with E-state index < -0.39 is 0 Å². The second-order valence-corrected chi connectivity index (χ2v) is 13.2. The third-order valence-electron chi connectivity index (χ3n) is 10.6. The third-order valence-corrected chi connectivity index (χ3v) is 10.6. The Bertz CT molecular complexity index is 3070. The molecule has 0 unspecified atom stereocenters. The van der Waals surface area contributed by atoms with E-state index in [2.05, 4.69) is 170 Å². The van der Waals surface area contributed by atoms with Crippen molar-refractivity contribution in [2.24, 2.45) is 0 Å². The van der Waals surface area contributed by atoms with Crippen molar-refractivity contribution in [3.05, 3.63) is 170 Å². The molecular formula is C48H28O. The molecule has 0 bridgehead atoms. The van der Waals surface area contributed by atoms with Crippen LogP contribution in [0.25, 0.3) is 109 Å². The normalized spacial score (nSPS) is 12.1. The van der Waals surface area contributed by atoms with Crippen molar-refractivity contribution in [3.63, 3.8) is 0 Å². The number of benzene rings is 10. The van der Waals surface area contributed by atoms with Gasteiger partial charge in [0.1, 0.15) is 11.2 Å². The quantitative estimate of drug-likeness (QED) is 0.179. The van der Waals surface area contributed by atoms with Crippen LogP contribution < -0.4 is 0 Å². The van der Waals surface area contributed by atoms with E-state index in [-0.39, 0.29) is 0 Å². The van der Waals surface area contributed by atoms with Crippen molar-refractivity contribution in [3.8, 4) is 33.4 Å². The van der Waals surface area contributed by atoms with Gasteiger partial charge in [0.25, 0.3) is 0 Å². The van der Waals surface area contributed by atoms with Gasteiger partial charge in [-0.25, -0.2) is 0 Å². The Morgan fingerprint density at radius 2 is 0.898 bits per heavy atom. The zero-order chi connectivity index (χ0) is 32.1. The Balaban J connectivity index is 1.26. The molecule has 0 atom stereocenters. The highest BCUT2D eigenvalue weighted by Crippen LogP contribution is 2.47. The topological polar surface area (TPSA) is 13.1 Å². The number of rotatable bonds is 3. The molecule has 0 saturated carbocycles. The number of furan rings is 1. The molecule has 1 heteroatoms. The minimum Gasteiger partial charge on any atom is -0.455 e. The second kappa shape index (κ2) is 10.0. The van der Waals surface area contributed by atoms with E-state index in [9.17, 15) is 0 Å². The highest BCUT2D eigenvalue weighted by molar-refractivity contribution is 6.28. The first-order chi connectivity index (χ1) is 24.3. The molecular weight excluding hydrogens is 593 g/mol. The summed E-state index contributed by atoms with van der Waals surface area (Å²) in [6, 6.07) is 62.0. The summed E-state index contributed by atoms with van der Waals surface area (Å²) in [5.74, 6) is 0. The van der Waals surface area contributed by atoms with E-state index in [1.807, 2.05) is 0 Å². The lowest BCUT2D eigenvalue weighted by Gasteiger charge is -2.15. The molecule has 0 fully saturated rings. The predicted molar refractivity (Wildman–Crippen MR) is 209 cm³/mol. The van der Waals surface area contributed by atoms with Gasteiger partial charge in [0.2, 0.25) is 0 Å². The molecule has 1 heterocycles. The van der Waals surface area contributed by atoms with Gasteiger partial charge in [-0.1, -0.05) is 152 Å². The Kier molecular flexibility index (Phi) is 5.45. The summed E-state index contributed by atoms with van der Waals surface area (Å²) in [5, 5.41) is 14.8. The summed E-state index contributed by atoms with van der Waals surface area (Å²) in [7, 11) is 0. The van der Waals surface area contributed by atoms with Crippen molar-refractivity contribution in [1.82, 2.24) is 0 Å². The molecule has 10 aromatic carbocycles. The lowest BCUT2D eigenvalue weighted by Crippen LogP contribution is -1.89. The SMILES string of the molecule is c1ccc(-c2cccc3c2ccc2c3oc3c(-c4ccc5ccccc5c4)ccc(-c4ccc5ccc6cccc7ccc4c5c67)c32)cc1. The predicted octanol–water partition coefficient (Wildman–Crippen LogP) is 13.8. The fourth-order valence-electron chi connectivity index (χ4n) is 8.34. The maximum Gasteiger partial charge on any atom is 0.143 e. The summed E-state index contributed by atoms with van der Waals surface area (Å²) in [6.45, 7) is 0. The van der Waals surface area contributed by atoms with Crippen LogP contribution in [-0.4, -0.2) is 0 Å². The van der Waals surface area contributed by atoms with Crippen LogP contribution in [0.1, 0.15) is 0 Å². The molecule has 0 N–H and O–H groups in total. The molecule has 1 nitrogen and oxygen atoms in total. The van der Waals surface area contributed by atoms with Crippen LogP contribution in [-0.2, 0) is 0 Å². The van der Waals surface area contributed by atoms with Crippen LogP contribution in [0.4, 0.5) is 0 Å².